The van der Waals surface area contributed by atoms with Crippen LogP contribution in [0.5, 0.6) is 0 Å². The molecule has 0 aliphatic rings. The molecular weight excluding hydrogens is 344 g/mol. The normalized spacial score (nSPS) is 11.7. The van der Waals surface area contributed by atoms with Gasteiger partial charge in [-0.2, -0.15) is 4.57 Å². The molecule has 0 aliphatic carbocycles. The number of oxime groups is 1. The summed E-state index contributed by atoms with van der Waals surface area (Å²) in [7, 11) is 1.60. The Balaban J connectivity index is 0.00000242. The van der Waals surface area contributed by atoms with Gasteiger partial charge in [-0.25, -0.2) is 0 Å². The highest BCUT2D eigenvalue weighted by atomic mass is 79.9. The number of halogens is 1. The molecule has 5 heteroatoms. The molecular formula is C17H21BrN2O2. The average molecular weight is 365 g/mol. The molecule has 1 aromatic carbocycles. The summed E-state index contributed by atoms with van der Waals surface area (Å²) in [5.41, 5.74) is 1.87. The number of nitrogens with zero attached hydrogens (tertiary/aromatic N) is 2. The fraction of sp³-hybridized carbons (Fsp3) is 0.294. The van der Waals surface area contributed by atoms with Gasteiger partial charge in [0, 0.05) is 38.7 Å². The molecule has 0 amide bonds. The highest BCUT2D eigenvalue weighted by Crippen LogP contribution is 2.11. The van der Waals surface area contributed by atoms with Gasteiger partial charge in [0.25, 0.3) is 0 Å². The van der Waals surface area contributed by atoms with Crippen LogP contribution in [0.1, 0.15) is 19.4 Å². The van der Waals surface area contributed by atoms with Crippen LogP contribution < -0.4 is 21.5 Å². The minimum absolute atomic E-state index is 0. The zero-order chi connectivity index (χ0) is 15.1. The molecule has 1 aromatic heterocycles. The van der Waals surface area contributed by atoms with E-state index in [0.717, 1.165) is 11.3 Å². The van der Waals surface area contributed by atoms with Gasteiger partial charge >= 0.3 is 0 Å². The predicted octanol–water partition coefficient (Wildman–Crippen LogP) is -0.218. The number of ether oxygens (including phenoxy) is 1. The summed E-state index contributed by atoms with van der Waals surface area (Å²) < 4.78 is 7.29. The predicted molar refractivity (Wildman–Crippen MR) is 81.8 cm³/mol. The molecule has 0 bridgehead atoms. The van der Waals surface area contributed by atoms with Gasteiger partial charge in [-0.1, -0.05) is 41.6 Å². The second kappa shape index (κ2) is 8.66. The Morgan fingerprint density at radius 2 is 1.64 bits per heavy atom. The Hall–Kier alpha value is -1.72. The maximum atomic E-state index is 5.52. The first kappa shape index (κ1) is 18.3. The van der Waals surface area contributed by atoms with Crippen molar-refractivity contribution >= 4 is 5.71 Å². The summed E-state index contributed by atoms with van der Waals surface area (Å²) in [5.74, 6) is -0.749. The summed E-state index contributed by atoms with van der Waals surface area (Å²) in [6.45, 7) is 4.29. The number of pyridine rings is 1. The van der Waals surface area contributed by atoms with Crippen LogP contribution in [0.2, 0.25) is 0 Å². The fourth-order valence-electron chi connectivity index (χ4n) is 1.72. The van der Waals surface area contributed by atoms with Crippen LogP contribution >= 0.6 is 0 Å². The lowest BCUT2D eigenvalue weighted by atomic mass is 10.1. The van der Waals surface area contributed by atoms with Gasteiger partial charge in [0.1, 0.15) is 0 Å². The molecule has 0 aliphatic heterocycles. The topological polar surface area (TPSA) is 34.7 Å². The van der Waals surface area contributed by atoms with Crippen molar-refractivity contribution < 1.29 is 31.1 Å². The van der Waals surface area contributed by atoms with Gasteiger partial charge < -0.3 is 26.6 Å². The van der Waals surface area contributed by atoms with E-state index in [0.29, 0.717) is 6.54 Å². The quantitative estimate of drug-likeness (QED) is 0.307. The molecule has 22 heavy (non-hydrogen) atoms. The van der Waals surface area contributed by atoms with Gasteiger partial charge in [0.15, 0.2) is 24.7 Å². The summed E-state index contributed by atoms with van der Waals surface area (Å²) in [4.78, 5) is 5.52. The van der Waals surface area contributed by atoms with Crippen LogP contribution in [-0.2, 0) is 16.1 Å². The lowest BCUT2D eigenvalue weighted by Gasteiger charge is -2.20. The first-order valence-electron chi connectivity index (χ1n) is 6.90. The monoisotopic (exact) mass is 364 g/mol. The molecule has 0 spiro atoms. The van der Waals surface area contributed by atoms with Crippen LogP contribution in [0.25, 0.3) is 0 Å². The summed E-state index contributed by atoms with van der Waals surface area (Å²) in [6, 6.07) is 16.0. The van der Waals surface area contributed by atoms with E-state index in [2.05, 4.69) is 9.72 Å². The van der Waals surface area contributed by atoms with E-state index in [1.54, 1.807) is 7.11 Å². The maximum Gasteiger partial charge on any atom is 0.230 e. The minimum Gasteiger partial charge on any atom is -1.00 e. The van der Waals surface area contributed by atoms with Crippen molar-refractivity contribution in [1.29, 1.82) is 0 Å². The summed E-state index contributed by atoms with van der Waals surface area (Å²) in [5, 5.41) is 4.30. The summed E-state index contributed by atoms with van der Waals surface area (Å²) >= 11 is 0. The van der Waals surface area contributed by atoms with Crippen LogP contribution in [0.15, 0.2) is 66.1 Å². The smallest absolute Gasteiger partial charge is 0.230 e. The standard InChI is InChI=1S/C17H21N2O2.BrH/c1-17(2,20-3)21-18-16(15-10-6-4-7-11-15)14-19-12-8-5-9-13-19;/h4-13H,14H2,1-3H3;1H/q+1;/p-1/b18-16+;. The van der Waals surface area contributed by atoms with Crippen molar-refractivity contribution in [3.8, 4) is 0 Å². The fourth-order valence-corrected chi connectivity index (χ4v) is 1.72. The van der Waals surface area contributed by atoms with Gasteiger partial charge in [-0.3, -0.25) is 0 Å². The van der Waals surface area contributed by atoms with E-state index in [9.17, 15) is 0 Å². The van der Waals surface area contributed by atoms with Gasteiger partial charge in [0.05, 0.1) is 0 Å². The third-order valence-corrected chi connectivity index (χ3v) is 3.08. The molecule has 0 saturated carbocycles. The highest BCUT2D eigenvalue weighted by molar-refractivity contribution is 5.99. The number of aromatic nitrogens is 1. The Kier molecular flexibility index (Phi) is 7.21. The molecule has 0 atom stereocenters. The van der Waals surface area contributed by atoms with E-state index in [-0.39, 0.29) is 17.0 Å². The second-order valence-corrected chi connectivity index (χ2v) is 5.15. The Bertz CT molecular complexity index is 586. The van der Waals surface area contributed by atoms with Crippen molar-refractivity contribution in [3.05, 3.63) is 66.5 Å². The lowest BCUT2D eigenvalue weighted by Crippen LogP contribution is -3.00. The zero-order valence-electron chi connectivity index (χ0n) is 13.1. The van der Waals surface area contributed by atoms with Crippen LogP contribution in [0.4, 0.5) is 0 Å². The molecule has 0 unspecified atom stereocenters. The third-order valence-electron chi connectivity index (χ3n) is 3.08. The number of rotatable bonds is 6. The molecule has 4 nitrogen and oxygen atoms in total. The van der Waals surface area contributed by atoms with Crippen molar-refractivity contribution in [2.24, 2.45) is 5.16 Å². The Morgan fingerprint density at radius 1 is 1.05 bits per heavy atom. The molecule has 0 saturated heterocycles. The Labute approximate surface area is 142 Å². The molecule has 118 valence electrons. The average Bonchev–Trinajstić information content (AvgIpc) is 2.53. The van der Waals surface area contributed by atoms with Crippen molar-refractivity contribution in [2.45, 2.75) is 26.2 Å². The summed E-state index contributed by atoms with van der Waals surface area (Å²) in [6.07, 6.45) is 4.00. The van der Waals surface area contributed by atoms with E-state index < -0.39 is 5.79 Å². The highest BCUT2D eigenvalue weighted by Gasteiger charge is 2.19. The molecule has 0 N–H and O–H groups in total. The second-order valence-electron chi connectivity index (χ2n) is 5.15. The SMILES string of the molecule is COC(C)(C)O/N=C(\C[n+]1ccccc1)c1ccccc1.[Br-]. The van der Waals surface area contributed by atoms with Crippen LogP contribution in [0, 0.1) is 0 Å². The number of methoxy groups -OCH3 is 1. The molecule has 0 radical (unpaired) electrons. The van der Waals surface area contributed by atoms with Crippen molar-refractivity contribution in [1.82, 2.24) is 0 Å². The third kappa shape index (κ3) is 5.58. The first-order chi connectivity index (χ1) is 10.1. The van der Waals surface area contributed by atoms with E-state index in [1.807, 2.05) is 74.8 Å². The zero-order valence-corrected chi connectivity index (χ0v) is 14.7. The van der Waals surface area contributed by atoms with Crippen LogP contribution in [0.3, 0.4) is 0 Å². The van der Waals surface area contributed by atoms with Crippen molar-refractivity contribution in [2.75, 3.05) is 7.11 Å². The van der Waals surface area contributed by atoms with E-state index >= 15 is 0 Å². The minimum atomic E-state index is -0.749. The largest absolute Gasteiger partial charge is 1.00 e. The van der Waals surface area contributed by atoms with Gasteiger partial charge in [-0.05, 0) is 0 Å². The number of benzene rings is 1. The van der Waals surface area contributed by atoms with Gasteiger partial charge in [-0.15, -0.1) is 0 Å². The molecule has 0 fully saturated rings. The lowest BCUT2D eigenvalue weighted by molar-refractivity contribution is -0.681. The Morgan fingerprint density at radius 3 is 2.23 bits per heavy atom. The number of hydrogen-bond donors (Lipinski definition) is 0. The van der Waals surface area contributed by atoms with E-state index in [4.69, 9.17) is 9.57 Å². The molecule has 2 aromatic rings. The maximum absolute atomic E-state index is 5.52. The van der Waals surface area contributed by atoms with Crippen LogP contribution in [-0.4, -0.2) is 18.6 Å². The first-order valence-corrected chi connectivity index (χ1v) is 6.90. The molecule has 2 rings (SSSR count). The van der Waals surface area contributed by atoms with E-state index in [1.165, 1.54) is 0 Å². The van der Waals surface area contributed by atoms with Gasteiger partial charge in [0.2, 0.25) is 5.79 Å². The molecule has 1 heterocycles. The van der Waals surface area contributed by atoms with Crippen molar-refractivity contribution in [3.63, 3.8) is 0 Å². The number of hydrogen-bond acceptors (Lipinski definition) is 3.